The van der Waals surface area contributed by atoms with Crippen LogP contribution in [0.1, 0.15) is 51.7 Å². The number of benzene rings is 1. The second-order valence-corrected chi connectivity index (χ2v) is 7.04. The molecule has 0 radical (unpaired) electrons. The Hall–Kier alpha value is -1.70. The largest absolute Gasteiger partial charge is 0.481 e. The Morgan fingerprint density at radius 2 is 1.75 bits per heavy atom. The Bertz CT molecular complexity index is 542. The molecular weight excluding hydrogens is 248 g/mol. The summed E-state index contributed by atoms with van der Waals surface area (Å²) in [7, 11) is 0. The highest BCUT2D eigenvalue weighted by atomic mass is 16.6. The van der Waals surface area contributed by atoms with Crippen molar-refractivity contribution in [3.8, 4) is 0 Å². The zero-order valence-electron chi connectivity index (χ0n) is 13.0. The first-order chi connectivity index (χ1) is 9.11. The molecule has 0 aliphatic heterocycles. The minimum atomic E-state index is -0.393. The van der Waals surface area contributed by atoms with E-state index in [1.165, 1.54) is 11.1 Å². The number of hydrogen-bond acceptors (Lipinski definition) is 2. The molecule has 1 unspecified atom stereocenters. The summed E-state index contributed by atoms with van der Waals surface area (Å²) in [5.41, 5.74) is 3.33. The first kappa shape index (κ1) is 14.7. The molecule has 108 valence electrons. The van der Waals surface area contributed by atoms with Crippen molar-refractivity contribution in [1.29, 1.82) is 0 Å². The van der Waals surface area contributed by atoms with Crippen molar-refractivity contribution in [1.82, 2.24) is 0 Å². The van der Waals surface area contributed by atoms with E-state index in [1.54, 1.807) is 6.08 Å². The number of rotatable bonds is 3. The Kier molecular flexibility index (Phi) is 3.45. The first-order valence-corrected chi connectivity index (χ1v) is 7.00. The molecular formula is C18H24O2. The number of ether oxygens (including phenoxy) is 1. The van der Waals surface area contributed by atoms with Crippen molar-refractivity contribution >= 4 is 6.08 Å². The van der Waals surface area contributed by atoms with Crippen molar-refractivity contribution in [3.05, 3.63) is 53.5 Å². The second-order valence-electron chi connectivity index (χ2n) is 7.04. The van der Waals surface area contributed by atoms with Crippen LogP contribution in [-0.2, 0) is 4.74 Å². The van der Waals surface area contributed by atoms with Crippen LogP contribution in [0, 0.1) is 5.41 Å². The molecule has 1 N–H and O–H groups in total. The summed E-state index contributed by atoms with van der Waals surface area (Å²) in [6.07, 6.45) is 1.64. The molecule has 1 aliphatic carbocycles. The van der Waals surface area contributed by atoms with Gasteiger partial charge in [-0.3, -0.25) is 0 Å². The molecule has 1 saturated carbocycles. The minimum Gasteiger partial charge on any atom is -0.481 e. The Balaban J connectivity index is 2.10. The lowest BCUT2D eigenvalue weighted by molar-refractivity contribution is -0.0114. The van der Waals surface area contributed by atoms with Crippen LogP contribution in [0.4, 0.5) is 0 Å². The molecule has 1 fully saturated rings. The molecule has 0 heterocycles. The molecule has 1 aromatic carbocycles. The van der Waals surface area contributed by atoms with E-state index in [4.69, 9.17) is 4.74 Å². The molecule has 1 aromatic rings. The van der Waals surface area contributed by atoms with Crippen LogP contribution in [0.3, 0.4) is 0 Å². The van der Waals surface area contributed by atoms with Gasteiger partial charge >= 0.3 is 0 Å². The van der Waals surface area contributed by atoms with Gasteiger partial charge in [-0.25, -0.2) is 0 Å². The summed E-state index contributed by atoms with van der Waals surface area (Å²) < 4.78 is 5.38. The Morgan fingerprint density at radius 1 is 1.25 bits per heavy atom. The average molecular weight is 272 g/mol. The van der Waals surface area contributed by atoms with Crippen molar-refractivity contribution in [2.24, 2.45) is 5.41 Å². The molecule has 2 nitrogen and oxygen atoms in total. The molecule has 0 amide bonds. The van der Waals surface area contributed by atoms with E-state index in [1.807, 2.05) is 32.9 Å². The van der Waals surface area contributed by atoms with Gasteiger partial charge < -0.3 is 9.84 Å². The molecule has 0 spiro atoms. The molecule has 0 bridgehead atoms. The van der Waals surface area contributed by atoms with Gasteiger partial charge in [-0.05, 0) is 37.3 Å². The van der Waals surface area contributed by atoms with Crippen LogP contribution >= 0.6 is 0 Å². The molecule has 0 saturated heterocycles. The van der Waals surface area contributed by atoms with Gasteiger partial charge in [0.05, 0.1) is 0 Å². The Morgan fingerprint density at radius 3 is 2.15 bits per heavy atom. The third-order valence-electron chi connectivity index (χ3n) is 3.79. The SMILES string of the molecule is C=C1C(c2ccc(/C=C(\O)OC(C)(C)C)cc2)C1(C)C. The van der Waals surface area contributed by atoms with Gasteiger partial charge in [0.2, 0.25) is 0 Å². The standard InChI is InChI=1S/C18H24O2/c1-12-16(18(12,5)6)14-9-7-13(8-10-14)11-15(19)20-17(2,3)4/h7-11,16,19H,1H2,2-6H3/b15-11+. The van der Waals surface area contributed by atoms with Crippen LogP contribution < -0.4 is 0 Å². The van der Waals surface area contributed by atoms with Gasteiger partial charge in [-0.2, -0.15) is 0 Å². The predicted molar refractivity (Wildman–Crippen MR) is 83.5 cm³/mol. The van der Waals surface area contributed by atoms with E-state index in [-0.39, 0.29) is 11.4 Å². The highest BCUT2D eigenvalue weighted by Crippen LogP contribution is 2.62. The maximum absolute atomic E-state index is 9.78. The van der Waals surface area contributed by atoms with Gasteiger partial charge in [0.25, 0.3) is 5.95 Å². The van der Waals surface area contributed by atoms with E-state index >= 15 is 0 Å². The lowest BCUT2D eigenvalue weighted by atomic mass is 10.0. The fraction of sp³-hybridized carbons (Fsp3) is 0.444. The van der Waals surface area contributed by atoms with Crippen LogP contribution in [0.5, 0.6) is 0 Å². The maximum atomic E-state index is 9.78. The zero-order valence-corrected chi connectivity index (χ0v) is 13.0. The smallest absolute Gasteiger partial charge is 0.277 e. The monoisotopic (exact) mass is 272 g/mol. The minimum absolute atomic E-state index is 0.0542. The predicted octanol–water partition coefficient (Wildman–Crippen LogP) is 5.04. The molecule has 0 aromatic heterocycles. The molecule has 2 heteroatoms. The number of aliphatic hydroxyl groups is 1. The van der Waals surface area contributed by atoms with Gasteiger partial charge in [-0.15, -0.1) is 0 Å². The summed E-state index contributed by atoms with van der Waals surface area (Å²) in [6.45, 7) is 14.3. The van der Waals surface area contributed by atoms with Crippen LogP contribution in [0.25, 0.3) is 6.08 Å². The summed E-state index contributed by atoms with van der Waals surface area (Å²) >= 11 is 0. The molecule has 2 rings (SSSR count). The van der Waals surface area contributed by atoms with E-state index in [2.05, 4.69) is 32.6 Å². The van der Waals surface area contributed by atoms with E-state index in [0.717, 1.165) is 5.56 Å². The summed E-state index contributed by atoms with van der Waals surface area (Å²) in [4.78, 5) is 0. The van der Waals surface area contributed by atoms with Crippen molar-refractivity contribution in [2.45, 2.75) is 46.1 Å². The summed E-state index contributed by atoms with van der Waals surface area (Å²) in [5.74, 6) is 0.404. The lowest BCUT2D eigenvalue weighted by Gasteiger charge is -2.19. The molecule has 1 aliphatic rings. The second kappa shape index (κ2) is 4.69. The average Bonchev–Trinajstić information content (AvgIpc) is 2.77. The van der Waals surface area contributed by atoms with Crippen molar-refractivity contribution in [3.63, 3.8) is 0 Å². The van der Waals surface area contributed by atoms with E-state index in [9.17, 15) is 5.11 Å². The van der Waals surface area contributed by atoms with Crippen LogP contribution in [0.2, 0.25) is 0 Å². The topological polar surface area (TPSA) is 29.5 Å². The lowest BCUT2D eigenvalue weighted by Crippen LogP contribution is -2.18. The van der Waals surface area contributed by atoms with Crippen molar-refractivity contribution < 1.29 is 9.84 Å². The fourth-order valence-electron chi connectivity index (χ4n) is 2.52. The maximum Gasteiger partial charge on any atom is 0.277 e. The number of aliphatic hydroxyl groups excluding tert-OH is 1. The summed E-state index contributed by atoms with van der Waals surface area (Å²) in [5, 5.41) is 9.78. The third-order valence-corrected chi connectivity index (χ3v) is 3.79. The number of hydrogen-bond donors (Lipinski definition) is 1. The van der Waals surface area contributed by atoms with Gasteiger partial charge in [0, 0.05) is 12.0 Å². The van der Waals surface area contributed by atoms with E-state index < -0.39 is 5.60 Å². The van der Waals surface area contributed by atoms with Gasteiger partial charge in [0.1, 0.15) is 5.60 Å². The highest BCUT2D eigenvalue weighted by molar-refractivity contribution is 5.54. The quantitative estimate of drug-likeness (QED) is 0.617. The van der Waals surface area contributed by atoms with Gasteiger partial charge in [-0.1, -0.05) is 50.3 Å². The molecule has 1 atom stereocenters. The van der Waals surface area contributed by atoms with Crippen LogP contribution in [0.15, 0.2) is 42.4 Å². The Labute approximate surface area is 121 Å². The van der Waals surface area contributed by atoms with E-state index in [0.29, 0.717) is 5.92 Å². The molecule has 20 heavy (non-hydrogen) atoms. The van der Waals surface area contributed by atoms with Crippen molar-refractivity contribution in [2.75, 3.05) is 0 Å². The van der Waals surface area contributed by atoms with Gasteiger partial charge in [0.15, 0.2) is 0 Å². The third kappa shape index (κ3) is 3.06. The summed E-state index contributed by atoms with van der Waals surface area (Å²) in [6, 6.07) is 8.19. The first-order valence-electron chi connectivity index (χ1n) is 7.00. The normalized spacial score (nSPS) is 21.8. The highest BCUT2D eigenvalue weighted by Gasteiger charge is 2.51. The zero-order chi connectivity index (χ0) is 15.1. The number of allylic oxidation sites excluding steroid dienone is 1. The van der Waals surface area contributed by atoms with Crippen LogP contribution in [-0.4, -0.2) is 10.7 Å². The fourth-order valence-corrected chi connectivity index (χ4v) is 2.52.